The maximum atomic E-state index is 13.1. The number of benzene rings is 3. The summed E-state index contributed by atoms with van der Waals surface area (Å²) in [6.07, 6.45) is 3.78. The SMILES string of the molecule is O=C1S/C(=C/c2cn(Cc3ccc(Cl)cc3Cl)c3ccccc23)C(=O)N1Cc1ccc(Br)cc1. The van der Waals surface area contributed by atoms with Crippen LogP contribution in [0.1, 0.15) is 16.7 Å². The molecule has 2 heterocycles. The molecule has 0 unspecified atom stereocenters. The normalized spacial score (nSPS) is 15.1. The summed E-state index contributed by atoms with van der Waals surface area (Å²) in [4.78, 5) is 27.4. The number of thioether (sulfide) groups is 1. The van der Waals surface area contributed by atoms with Crippen LogP contribution in [0, 0.1) is 0 Å². The van der Waals surface area contributed by atoms with Crippen molar-refractivity contribution >= 4 is 79.0 Å². The van der Waals surface area contributed by atoms with E-state index in [1.807, 2.05) is 66.9 Å². The van der Waals surface area contributed by atoms with Gasteiger partial charge in [0.05, 0.1) is 11.4 Å². The Balaban J connectivity index is 1.46. The number of aromatic nitrogens is 1. The van der Waals surface area contributed by atoms with Crippen molar-refractivity contribution in [2.45, 2.75) is 13.1 Å². The van der Waals surface area contributed by atoms with Crippen molar-refractivity contribution in [1.29, 1.82) is 0 Å². The van der Waals surface area contributed by atoms with E-state index >= 15 is 0 Å². The largest absolute Gasteiger partial charge is 0.342 e. The zero-order valence-electron chi connectivity index (χ0n) is 17.7. The van der Waals surface area contributed by atoms with Gasteiger partial charge in [-0.25, -0.2) is 0 Å². The van der Waals surface area contributed by atoms with Crippen molar-refractivity contribution in [3.63, 3.8) is 0 Å². The zero-order valence-corrected chi connectivity index (χ0v) is 21.6. The molecule has 1 aliphatic rings. The van der Waals surface area contributed by atoms with Crippen LogP contribution < -0.4 is 0 Å². The van der Waals surface area contributed by atoms with Gasteiger partial charge >= 0.3 is 0 Å². The second-order valence-corrected chi connectivity index (χ2v) is 10.6. The van der Waals surface area contributed by atoms with Crippen LogP contribution >= 0.6 is 50.9 Å². The lowest BCUT2D eigenvalue weighted by Crippen LogP contribution is -2.27. The van der Waals surface area contributed by atoms with E-state index in [0.717, 1.165) is 43.8 Å². The standard InChI is InChI=1S/C26H17BrCl2N2O2S/c27-19-8-5-16(6-9-19)13-31-25(32)24(34-26(31)33)11-18-15-30(23-4-2-1-3-21(18)23)14-17-7-10-20(28)12-22(17)29/h1-12,15H,13-14H2/b24-11+. The maximum Gasteiger partial charge on any atom is 0.293 e. The van der Waals surface area contributed by atoms with Gasteiger partial charge in [0.25, 0.3) is 11.1 Å². The molecule has 34 heavy (non-hydrogen) atoms. The summed E-state index contributed by atoms with van der Waals surface area (Å²) in [5.74, 6) is -0.282. The summed E-state index contributed by atoms with van der Waals surface area (Å²) in [6.45, 7) is 0.793. The first-order chi connectivity index (χ1) is 16.4. The molecule has 0 radical (unpaired) electrons. The van der Waals surface area contributed by atoms with Gasteiger partial charge in [-0.1, -0.05) is 75.5 Å². The van der Waals surface area contributed by atoms with E-state index in [9.17, 15) is 9.59 Å². The second-order valence-electron chi connectivity index (χ2n) is 7.86. The number of hydrogen-bond acceptors (Lipinski definition) is 3. The van der Waals surface area contributed by atoms with Crippen LogP contribution in [0.15, 0.2) is 82.3 Å². The van der Waals surface area contributed by atoms with Crippen LogP contribution in [-0.2, 0) is 17.9 Å². The number of hydrogen-bond donors (Lipinski definition) is 0. The van der Waals surface area contributed by atoms with Crippen molar-refractivity contribution in [2.75, 3.05) is 0 Å². The minimum absolute atomic E-state index is 0.242. The minimum atomic E-state index is -0.282. The summed E-state index contributed by atoms with van der Waals surface area (Å²) >= 11 is 16.8. The van der Waals surface area contributed by atoms with Gasteiger partial charge in [-0.2, -0.15) is 0 Å². The topological polar surface area (TPSA) is 42.3 Å². The van der Waals surface area contributed by atoms with Crippen LogP contribution in [0.2, 0.25) is 10.0 Å². The van der Waals surface area contributed by atoms with E-state index < -0.39 is 0 Å². The van der Waals surface area contributed by atoms with Crippen LogP contribution in [-0.4, -0.2) is 20.6 Å². The van der Waals surface area contributed by atoms with Crippen molar-refractivity contribution in [3.05, 3.63) is 109 Å². The maximum absolute atomic E-state index is 13.1. The highest BCUT2D eigenvalue weighted by Crippen LogP contribution is 2.35. The molecule has 2 amide bonds. The Morgan fingerprint density at radius 1 is 0.941 bits per heavy atom. The Bertz CT molecular complexity index is 1460. The molecular formula is C26H17BrCl2N2O2S. The third kappa shape index (κ3) is 4.68. The van der Waals surface area contributed by atoms with Gasteiger partial charge in [-0.05, 0) is 59.3 Å². The molecule has 8 heteroatoms. The van der Waals surface area contributed by atoms with Gasteiger partial charge in [0.1, 0.15) is 0 Å². The molecule has 0 bridgehead atoms. The minimum Gasteiger partial charge on any atom is -0.342 e. The first-order valence-electron chi connectivity index (χ1n) is 10.4. The summed E-state index contributed by atoms with van der Waals surface area (Å²) in [6, 6.07) is 21.0. The molecule has 0 aliphatic carbocycles. The van der Waals surface area contributed by atoms with Gasteiger partial charge in [-0.15, -0.1) is 0 Å². The highest BCUT2D eigenvalue weighted by molar-refractivity contribution is 9.10. The number of nitrogens with zero attached hydrogens (tertiary/aromatic N) is 2. The van der Waals surface area contributed by atoms with E-state index in [0.29, 0.717) is 21.5 Å². The number of halogens is 3. The number of amides is 2. The predicted molar refractivity (Wildman–Crippen MR) is 143 cm³/mol. The van der Waals surface area contributed by atoms with E-state index in [-0.39, 0.29) is 17.7 Å². The molecule has 3 aromatic carbocycles. The third-order valence-electron chi connectivity index (χ3n) is 5.59. The van der Waals surface area contributed by atoms with E-state index in [2.05, 4.69) is 20.5 Å². The van der Waals surface area contributed by atoms with Crippen molar-refractivity contribution in [1.82, 2.24) is 9.47 Å². The molecule has 1 aliphatic heterocycles. The summed E-state index contributed by atoms with van der Waals surface area (Å²) in [5.41, 5.74) is 3.71. The zero-order chi connectivity index (χ0) is 23.8. The van der Waals surface area contributed by atoms with Crippen molar-refractivity contribution in [2.24, 2.45) is 0 Å². The highest BCUT2D eigenvalue weighted by Gasteiger charge is 2.35. The Labute approximate surface area is 219 Å². The van der Waals surface area contributed by atoms with Gasteiger partial charge in [0.2, 0.25) is 0 Å². The molecular weight excluding hydrogens is 555 g/mol. The fraction of sp³-hybridized carbons (Fsp3) is 0.0769. The quantitative estimate of drug-likeness (QED) is 0.228. The van der Waals surface area contributed by atoms with E-state index in [4.69, 9.17) is 23.2 Å². The van der Waals surface area contributed by atoms with Gasteiger partial charge < -0.3 is 4.57 Å². The lowest BCUT2D eigenvalue weighted by molar-refractivity contribution is -0.123. The molecule has 5 rings (SSSR count). The van der Waals surface area contributed by atoms with Crippen LogP contribution in [0.25, 0.3) is 17.0 Å². The van der Waals surface area contributed by atoms with Crippen LogP contribution in [0.5, 0.6) is 0 Å². The molecule has 1 saturated heterocycles. The van der Waals surface area contributed by atoms with Crippen LogP contribution in [0.3, 0.4) is 0 Å². The Hall–Kier alpha value is -2.51. The number of carbonyl (C=O) groups is 2. The van der Waals surface area contributed by atoms with Crippen LogP contribution in [0.4, 0.5) is 4.79 Å². The molecule has 1 fully saturated rings. The Morgan fingerprint density at radius 2 is 1.71 bits per heavy atom. The molecule has 4 aromatic rings. The first-order valence-corrected chi connectivity index (χ1v) is 12.8. The summed E-state index contributed by atoms with van der Waals surface area (Å²) < 4.78 is 3.03. The Morgan fingerprint density at radius 3 is 2.47 bits per heavy atom. The number of imide groups is 1. The second kappa shape index (κ2) is 9.62. The monoisotopic (exact) mass is 570 g/mol. The summed E-state index contributed by atoms with van der Waals surface area (Å²) in [7, 11) is 0. The van der Waals surface area contributed by atoms with Crippen molar-refractivity contribution < 1.29 is 9.59 Å². The summed E-state index contributed by atoms with van der Waals surface area (Å²) in [5, 5.41) is 1.91. The highest BCUT2D eigenvalue weighted by atomic mass is 79.9. The Kier molecular flexibility index (Phi) is 6.58. The first kappa shape index (κ1) is 23.2. The number of para-hydroxylation sites is 1. The lowest BCUT2D eigenvalue weighted by Gasteiger charge is -2.12. The van der Waals surface area contributed by atoms with Gasteiger partial charge in [-0.3, -0.25) is 14.5 Å². The number of fused-ring (bicyclic) bond motifs is 1. The molecule has 170 valence electrons. The number of carbonyl (C=O) groups excluding carboxylic acids is 2. The van der Waals surface area contributed by atoms with Crippen molar-refractivity contribution in [3.8, 4) is 0 Å². The fourth-order valence-electron chi connectivity index (χ4n) is 3.90. The molecule has 0 N–H and O–H groups in total. The molecule has 1 aromatic heterocycles. The molecule has 0 saturated carbocycles. The third-order valence-corrected chi connectivity index (χ3v) is 7.61. The van der Waals surface area contributed by atoms with Gasteiger partial charge in [0, 0.05) is 43.7 Å². The average Bonchev–Trinajstić information content (AvgIpc) is 3.29. The predicted octanol–water partition coefficient (Wildman–Crippen LogP) is 8.00. The average molecular weight is 572 g/mol. The molecule has 0 atom stereocenters. The lowest BCUT2D eigenvalue weighted by atomic mass is 10.1. The fourth-order valence-corrected chi connectivity index (χ4v) is 5.47. The van der Waals surface area contributed by atoms with E-state index in [1.54, 1.807) is 12.1 Å². The molecule has 4 nitrogen and oxygen atoms in total. The smallest absolute Gasteiger partial charge is 0.293 e. The number of rotatable bonds is 5. The van der Waals surface area contributed by atoms with E-state index in [1.165, 1.54) is 4.90 Å². The van der Waals surface area contributed by atoms with Gasteiger partial charge in [0.15, 0.2) is 0 Å². The molecule has 0 spiro atoms.